The molecule has 0 aromatic heterocycles. The van der Waals surface area contributed by atoms with Crippen LogP contribution in [0.25, 0.3) is 0 Å². The van der Waals surface area contributed by atoms with E-state index in [2.05, 4.69) is 16.6 Å². The zero-order chi connectivity index (χ0) is 12.5. The van der Waals surface area contributed by atoms with E-state index in [1.54, 1.807) is 0 Å². The molecule has 17 heavy (non-hydrogen) atoms. The third-order valence-electron chi connectivity index (χ3n) is 2.31. The molecule has 90 valence electrons. The molecule has 0 fully saturated rings. The zero-order valence-corrected chi connectivity index (χ0v) is 10.1. The van der Waals surface area contributed by atoms with Crippen LogP contribution in [0.4, 0.5) is 5.69 Å². The van der Waals surface area contributed by atoms with Crippen LogP contribution in [-0.2, 0) is 4.79 Å². The minimum absolute atomic E-state index is 0.0110. The van der Waals surface area contributed by atoms with Crippen molar-refractivity contribution in [2.45, 2.75) is 25.8 Å². The summed E-state index contributed by atoms with van der Waals surface area (Å²) in [6.45, 7) is 2.72. The summed E-state index contributed by atoms with van der Waals surface area (Å²) in [5.41, 5.74) is 0.827. The fraction of sp³-hybridized carbons (Fsp3) is 0.357. The second kappa shape index (κ2) is 7.48. The summed E-state index contributed by atoms with van der Waals surface area (Å²) in [6, 6.07) is 9.57. The maximum atomic E-state index is 11.7. The Morgan fingerprint density at radius 2 is 2.12 bits per heavy atom. The number of para-hydroxylation sites is 1. The van der Waals surface area contributed by atoms with Crippen molar-refractivity contribution in [2.75, 3.05) is 11.9 Å². The average molecular weight is 230 g/mol. The van der Waals surface area contributed by atoms with Crippen molar-refractivity contribution >= 4 is 11.6 Å². The number of rotatable bonds is 6. The molecular weight excluding hydrogens is 212 g/mol. The van der Waals surface area contributed by atoms with Gasteiger partial charge in [0.2, 0.25) is 5.91 Å². The van der Waals surface area contributed by atoms with Crippen molar-refractivity contribution in [3.63, 3.8) is 0 Å². The molecule has 3 nitrogen and oxygen atoms in total. The van der Waals surface area contributed by atoms with Gasteiger partial charge in [0.25, 0.3) is 0 Å². The summed E-state index contributed by atoms with van der Waals surface area (Å²) >= 11 is 0. The van der Waals surface area contributed by atoms with Crippen molar-refractivity contribution in [3.05, 3.63) is 30.3 Å². The van der Waals surface area contributed by atoms with E-state index in [1.165, 1.54) is 0 Å². The first-order valence-electron chi connectivity index (χ1n) is 5.74. The van der Waals surface area contributed by atoms with Crippen LogP contribution in [0.5, 0.6) is 0 Å². The van der Waals surface area contributed by atoms with Gasteiger partial charge < -0.3 is 10.6 Å². The molecular formula is C14H18N2O. The highest BCUT2D eigenvalue weighted by Gasteiger charge is 2.07. The van der Waals surface area contributed by atoms with E-state index in [9.17, 15) is 4.79 Å². The lowest BCUT2D eigenvalue weighted by Crippen LogP contribution is -2.31. The van der Waals surface area contributed by atoms with Crippen LogP contribution in [0.2, 0.25) is 0 Å². The van der Waals surface area contributed by atoms with E-state index in [-0.39, 0.29) is 11.9 Å². The second-order valence-electron chi connectivity index (χ2n) is 3.93. The lowest BCUT2D eigenvalue weighted by atomic mass is 10.2. The predicted molar refractivity (Wildman–Crippen MR) is 70.6 cm³/mol. The van der Waals surface area contributed by atoms with E-state index in [1.807, 2.05) is 37.3 Å². The summed E-state index contributed by atoms with van der Waals surface area (Å²) in [6.07, 6.45) is 6.28. The topological polar surface area (TPSA) is 41.1 Å². The maximum Gasteiger partial charge on any atom is 0.225 e. The number of nitrogens with one attached hydrogen (secondary N) is 2. The average Bonchev–Trinajstić information content (AvgIpc) is 2.30. The normalized spacial score (nSPS) is 11.5. The summed E-state index contributed by atoms with van der Waals surface area (Å²) in [5, 5.41) is 6.04. The minimum Gasteiger partial charge on any atom is -0.326 e. The first kappa shape index (κ1) is 13.3. The molecule has 0 saturated heterocycles. The van der Waals surface area contributed by atoms with Crippen LogP contribution in [0.3, 0.4) is 0 Å². The smallest absolute Gasteiger partial charge is 0.225 e. The number of terminal acetylenes is 1. The van der Waals surface area contributed by atoms with Gasteiger partial charge in [0, 0.05) is 31.1 Å². The molecule has 1 atom stereocenters. The Morgan fingerprint density at radius 1 is 1.41 bits per heavy atom. The molecule has 0 heterocycles. The molecule has 0 radical (unpaired) electrons. The lowest BCUT2D eigenvalue weighted by Gasteiger charge is -2.12. The predicted octanol–water partition coefficient (Wildman–Crippen LogP) is 2.02. The Kier molecular flexibility index (Phi) is 5.84. The zero-order valence-electron chi connectivity index (χ0n) is 10.1. The first-order chi connectivity index (χ1) is 8.22. The van der Waals surface area contributed by atoms with Gasteiger partial charge in [-0.3, -0.25) is 4.79 Å². The fourth-order valence-electron chi connectivity index (χ4n) is 1.47. The third kappa shape index (κ3) is 5.74. The quantitative estimate of drug-likeness (QED) is 0.580. The summed E-state index contributed by atoms with van der Waals surface area (Å²) in [7, 11) is 0. The number of amides is 1. The van der Waals surface area contributed by atoms with Gasteiger partial charge in [-0.15, -0.1) is 12.3 Å². The van der Waals surface area contributed by atoms with Crippen LogP contribution >= 0.6 is 0 Å². The van der Waals surface area contributed by atoms with Gasteiger partial charge in [0.1, 0.15) is 0 Å². The number of anilines is 1. The van der Waals surface area contributed by atoms with Crippen LogP contribution in [-0.4, -0.2) is 18.5 Å². The van der Waals surface area contributed by atoms with E-state index in [0.717, 1.165) is 12.2 Å². The van der Waals surface area contributed by atoms with Gasteiger partial charge in [-0.25, -0.2) is 0 Å². The summed E-state index contributed by atoms with van der Waals surface area (Å²) in [4.78, 5) is 11.7. The molecule has 1 unspecified atom stereocenters. The Labute approximate surface area is 103 Å². The van der Waals surface area contributed by atoms with Crippen molar-refractivity contribution in [1.29, 1.82) is 0 Å². The van der Waals surface area contributed by atoms with E-state index < -0.39 is 0 Å². The van der Waals surface area contributed by atoms with Gasteiger partial charge >= 0.3 is 0 Å². The third-order valence-corrected chi connectivity index (χ3v) is 2.31. The van der Waals surface area contributed by atoms with Crippen LogP contribution in [0.15, 0.2) is 30.3 Å². The van der Waals surface area contributed by atoms with Crippen molar-refractivity contribution in [2.24, 2.45) is 0 Å². The minimum atomic E-state index is 0.0110. The molecule has 0 aliphatic rings. The molecule has 0 aliphatic heterocycles. The molecule has 2 N–H and O–H groups in total. The molecule has 0 spiro atoms. The standard InChI is InChI=1S/C14H18N2O/c1-3-4-10-15-12(2)11-14(17)16-13-8-6-5-7-9-13/h1,5-9,12,15H,4,10-11H2,2H3,(H,16,17). The molecule has 1 aromatic carbocycles. The summed E-state index contributed by atoms with van der Waals surface area (Å²) in [5.74, 6) is 2.56. The van der Waals surface area contributed by atoms with E-state index in [0.29, 0.717) is 12.8 Å². The van der Waals surface area contributed by atoms with E-state index in [4.69, 9.17) is 6.42 Å². The maximum absolute atomic E-state index is 11.7. The number of benzene rings is 1. The molecule has 1 amide bonds. The summed E-state index contributed by atoms with van der Waals surface area (Å²) < 4.78 is 0. The number of hydrogen-bond donors (Lipinski definition) is 2. The number of carbonyl (C=O) groups excluding carboxylic acids is 1. The first-order valence-corrected chi connectivity index (χ1v) is 5.74. The molecule has 0 saturated carbocycles. The van der Waals surface area contributed by atoms with Crippen molar-refractivity contribution < 1.29 is 4.79 Å². The van der Waals surface area contributed by atoms with Crippen LogP contribution in [0.1, 0.15) is 19.8 Å². The molecule has 1 rings (SSSR count). The second-order valence-corrected chi connectivity index (χ2v) is 3.93. The van der Waals surface area contributed by atoms with Crippen LogP contribution < -0.4 is 10.6 Å². The molecule has 0 aliphatic carbocycles. The highest BCUT2D eigenvalue weighted by molar-refractivity contribution is 5.90. The van der Waals surface area contributed by atoms with Gasteiger partial charge in [0.05, 0.1) is 0 Å². The Hall–Kier alpha value is -1.79. The van der Waals surface area contributed by atoms with Gasteiger partial charge in [-0.2, -0.15) is 0 Å². The van der Waals surface area contributed by atoms with Gasteiger partial charge in [0.15, 0.2) is 0 Å². The van der Waals surface area contributed by atoms with Gasteiger partial charge in [-0.05, 0) is 19.1 Å². The molecule has 1 aromatic rings. The highest BCUT2D eigenvalue weighted by Crippen LogP contribution is 2.06. The number of hydrogen-bond acceptors (Lipinski definition) is 2. The highest BCUT2D eigenvalue weighted by atomic mass is 16.1. The Balaban J connectivity index is 2.28. The largest absolute Gasteiger partial charge is 0.326 e. The monoisotopic (exact) mass is 230 g/mol. The van der Waals surface area contributed by atoms with Crippen molar-refractivity contribution in [1.82, 2.24) is 5.32 Å². The Morgan fingerprint density at radius 3 is 2.76 bits per heavy atom. The SMILES string of the molecule is C#CCCNC(C)CC(=O)Nc1ccccc1. The van der Waals surface area contributed by atoms with Gasteiger partial charge in [-0.1, -0.05) is 18.2 Å². The van der Waals surface area contributed by atoms with Crippen molar-refractivity contribution in [3.8, 4) is 12.3 Å². The number of carbonyl (C=O) groups is 1. The lowest BCUT2D eigenvalue weighted by molar-refractivity contribution is -0.116. The Bertz CT molecular complexity index is 381. The van der Waals surface area contributed by atoms with E-state index >= 15 is 0 Å². The van der Waals surface area contributed by atoms with Crippen LogP contribution in [0, 0.1) is 12.3 Å². The fourth-order valence-corrected chi connectivity index (χ4v) is 1.47. The molecule has 3 heteroatoms. The molecule has 0 bridgehead atoms.